The van der Waals surface area contributed by atoms with E-state index < -0.39 is 11.7 Å². The molecule has 2 rings (SSSR count). The van der Waals surface area contributed by atoms with E-state index in [0.717, 1.165) is 25.4 Å². The number of nitrogens with one attached hydrogen (secondary N) is 1. The normalized spacial score (nSPS) is 21.2. The molecule has 1 aromatic rings. The van der Waals surface area contributed by atoms with Gasteiger partial charge in [-0.25, -0.2) is 4.98 Å². The highest BCUT2D eigenvalue weighted by molar-refractivity contribution is 6.33. The summed E-state index contributed by atoms with van der Waals surface area (Å²) in [4.78, 5) is 5.78. The number of aromatic nitrogens is 1. The molecule has 0 spiro atoms. The first-order chi connectivity index (χ1) is 8.39. The number of anilines is 1. The van der Waals surface area contributed by atoms with Gasteiger partial charge in [0.1, 0.15) is 5.82 Å². The standard InChI is InChI=1S/C11H13ClF3N3/c1-7-5-16-2-3-18(7)10-9(12)4-8(6-17-10)11(13,14)15/h4,6-7,16H,2-3,5H2,1H3. The Bertz CT molecular complexity index is 436. The first kappa shape index (κ1) is 13.4. The molecule has 0 radical (unpaired) electrons. The van der Waals surface area contributed by atoms with Crippen molar-refractivity contribution in [3.05, 3.63) is 22.8 Å². The van der Waals surface area contributed by atoms with E-state index in [4.69, 9.17) is 11.6 Å². The Morgan fingerprint density at radius 2 is 2.22 bits per heavy atom. The second-order valence-electron chi connectivity index (χ2n) is 4.27. The average Bonchev–Trinajstić information content (AvgIpc) is 2.29. The molecule has 1 fully saturated rings. The predicted molar refractivity (Wildman–Crippen MR) is 63.9 cm³/mol. The Kier molecular flexibility index (Phi) is 3.68. The number of pyridine rings is 1. The molecular weight excluding hydrogens is 267 g/mol. The zero-order valence-electron chi connectivity index (χ0n) is 9.76. The summed E-state index contributed by atoms with van der Waals surface area (Å²) in [6.45, 7) is 4.18. The van der Waals surface area contributed by atoms with Crippen LogP contribution in [0.3, 0.4) is 0 Å². The Morgan fingerprint density at radius 3 is 2.78 bits per heavy atom. The van der Waals surface area contributed by atoms with E-state index in [1.165, 1.54) is 0 Å². The molecule has 0 aromatic carbocycles. The van der Waals surface area contributed by atoms with Crippen molar-refractivity contribution in [1.29, 1.82) is 0 Å². The van der Waals surface area contributed by atoms with Crippen LogP contribution in [0.5, 0.6) is 0 Å². The van der Waals surface area contributed by atoms with Crippen LogP contribution in [0.1, 0.15) is 12.5 Å². The molecule has 1 aliphatic rings. The molecule has 1 N–H and O–H groups in total. The molecule has 1 unspecified atom stereocenters. The summed E-state index contributed by atoms with van der Waals surface area (Å²) in [7, 11) is 0. The molecule has 2 heterocycles. The molecular formula is C11H13ClF3N3. The van der Waals surface area contributed by atoms with Gasteiger partial charge >= 0.3 is 6.18 Å². The lowest BCUT2D eigenvalue weighted by Gasteiger charge is -2.35. The SMILES string of the molecule is CC1CNCCN1c1ncc(C(F)(F)F)cc1Cl. The number of alkyl halides is 3. The summed E-state index contributed by atoms with van der Waals surface area (Å²) in [6.07, 6.45) is -3.58. The highest BCUT2D eigenvalue weighted by atomic mass is 35.5. The fourth-order valence-corrected chi connectivity index (χ4v) is 2.23. The molecule has 0 amide bonds. The van der Waals surface area contributed by atoms with E-state index in [9.17, 15) is 13.2 Å². The zero-order chi connectivity index (χ0) is 13.3. The molecule has 7 heteroatoms. The maximum Gasteiger partial charge on any atom is 0.417 e. The zero-order valence-corrected chi connectivity index (χ0v) is 10.5. The van der Waals surface area contributed by atoms with Crippen molar-refractivity contribution < 1.29 is 13.2 Å². The number of piperazine rings is 1. The molecule has 1 saturated heterocycles. The number of nitrogens with zero attached hydrogens (tertiary/aromatic N) is 2. The third kappa shape index (κ3) is 2.70. The summed E-state index contributed by atoms with van der Waals surface area (Å²) in [5, 5.41) is 3.24. The molecule has 3 nitrogen and oxygen atoms in total. The Labute approximate surface area is 108 Å². The fraction of sp³-hybridized carbons (Fsp3) is 0.545. The van der Waals surface area contributed by atoms with Gasteiger partial charge in [-0.1, -0.05) is 11.6 Å². The van der Waals surface area contributed by atoms with Crippen LogP contribution in [-0.4, -0.2) is 30.7 Å². The van der Waals surface area contributed by atoms with Gasteiger partial charge in [-0.3, -0.25) is 0 Å². The second kappa shape index (κ2) is 4.93. The number of hydrogen-bond acceptors (Lipinski definition) is 3. The van der Waals surface area contributed by atoms with Gasteiger partial charge in [-0.05, 0) is 13.0 Å². The van der Waals surface area contributed by atoms with Gasteiger partial charge in [0.05, 0.1) is 10.6 Å². The lowest BCUT2D eigenvalue weighted by atomic mass is 10.2. The number of halogens is 4. The summed E-state index contributed by atoms with van der Waals surface area (Å²) in [5.74, 6) is 0.415. The van der Waals surface area contributed by atoms with Crippen LogP contribution in [0.15, 0.2) is 12.3 Å². The maximum atomic E-state index is 12.5. The monoisotopic (exact) mass is 279 g/mol. The van der Waals surface area contributed by atoms with E-state index in [1.807, 2.05) is 11.8 Å². The van der Waals surface area contributed by atoms with Gasteiger partial charge < -0.3 is 10.2 Å². The van der Waals surface area contributed by atoms with Crippen molar-refractivity contribution in [2.24, 2.45) is 0 Å². The lowest BCUT2D eigenvalue weighted by Crippen LogP contribution is -2.50. The number of rotatable bonds is 1. The van der Waals surface area contributed by atoms with Crippen LogP contribution in [0.4, 0.5) is 19.0 Å². The van der Waals surface area contributed by atoms with Gasteiger partial charge in [0.15, 0.2) is 0 Å². The van der Waals surface area contributed by atoms with E-state index in [1.54, 1.807) is 0 Å². The van der Waals surface area contributed by atoms with Crippen molar-refractivity contribution in [3.8, 4) is 0 Å². The van der Waals surface area contributed by atoms with Gasteiger partial charge in [-0.2, -0.15) is 13.2 Å². The van der Waals surface area contributed by atoms with Crippen molar-refractivity contribution in [1.82, 2.24) is 10.3 Å². The minimum Gasteiger partial charge on any atom is -0.350 e. The van der Waals surface area contributed by atoms with Crippen molar-refractivity contribution in [3.63, 3.8) is 0 Å². The molecule has 0 aliphatic carbocycles. The molecule has 18 heavy (non-hydrogen) atoms. The van der Waals surface area contributed by atoms with Crippen LogP contribution in [-0.2, 0) is 6.18 Å². The molecule has 0 saturated carbocycles. The van der Waals surface area contributed by atoms with Crippen LogP contribution in [0.2, 0.25) is 5.02 Å². The Morgan fingerprint density at radius 1 is 1.50 bits per heavy atom. The van der Waals surface area contributed by atoms with Gasteiger partial charge in [0.25, 0.3) is 0 Å². The minimum absolute atomic E-state index is 0.0403. The van der Waals surface area contributed by atoms with Crippen LogP contribution >= 0.6 is 11.6 Å². The number of hydrogen-bond donors (Lipinski definition) is 1. The Balaban J connectivity index is 2.29. The van der Waals surface area contributed by atoms with Gasteiger partial charge in [-0.15, -0.1) is 0 Å². The third-order valence-electron chi connectivity index (χ3n) is 2.92. The first-order valence-corrected chi connectivity index (χ1v) is 5.97. The largest absolute Gasteiger partial charge is 0.417 e. The Hall–Kier alpha value is -1.01. The van der Waals surface area contributed by atoms with Gasteiger partial charge in [0, 0.05) is 31.9 Å². The summed E-state index contributed by atoms with van der Waals surface area (Å²) >= 11 is 5.91. The maximum absolute atomic E-state index is 12.5. The molecule has 1 atom stereocenters. The van der Waals surface area contributed by atoms with Crippen LogP contribution in [0, 0.1) is 0 Å². The molecule has 1 aliphatic heterocycles. The third-order valence-corrected chi connectivity index (χ3v) is 3.20. The molecule has 1 aromatic heterocycles. The van der Waals surface area contributed by atoms with Crippen LogP contribution < -0.4 is 10.2 Å². The van der Waals surface area contributed by atoms with Crippen LogP contribution in [0.25, 0.3) is 0 Å². The fourth-order valence-electron chi connectivity index (χ4n) is 1.95. The highest BCUT2D eigenvalue weighted by Gasteiger charge is 2.32. The van der Waals surface area contributed by atoms with Crippen molar-refractivity contribution in [2.45, 2.75) is 19.1 Å². The highest BCUT2D eigenvalue weighted by Crippen LogP contribution is 2.34. The van der Waals surface area contributed by atoms with Crippen molar-refractivity contribution >= 4 is 17.4 Å². The van der Waals surface area contributed by atoms with E-state index in [0.29, 0.717) is 12.4 Å². The average molecular weight is 280 g/mol. The molecule has 100 valence electrons. The minimum atomic E-state index is -4.41. The summed E-state index contributed by atoms with van der Waals surface area (Å²) < 4.78 is 37.5. The van der Waals surface area contributed by atoms with E-state index in [2.05, 4.69) is 10.3 Å². The smallest absolute Gasteiger partial charge is 0.350 e. The quantitative estimate of drug-likeness (QED) is 0.856. The van der Waals surface area contributed by atoms with Gasteiger partial charge in [0.2, 0.25) is 0 Å². The first-order valence-electron chi connectivity index (χ1n) is 5.59. The topological polar surface area (TPSA) is 28.2 Å². The second-order valence-corrected chi connectivity index (χ2v) is 4.68. The summed E-state index contributed by atoms with van der Waals surface area (Å²) in [6, 6.07) is 1.08. The van der Waals surface area contributed by atoms with E-state index in [-0.39, 0.29) is 11.1 Å². The predicted octanol–water partition coefficient (Wildman–Crippen LogP) is 2.55. The van der Waals surface area contributed by atoms with Crippen molar-refractivity contribution in [2.75, 3.05) is 24.5 Å². The summed E-state index contributed by atoms with van der Waals surface area (Å²) in [5.41, 5.74) is -0.820. The molecule has 0 bridgehead atoms. The van der Waals surface area contributed by atoms with E-state index >= 15 is 0 Å². The lowest BCUT2D eigenvalue weighted by molar-refractivity contribution is -0.137.